The Morgan fingerprint density at radius 1 is 1.06 bits per heavy atom. The molecule has 3 amide bonds. The van der Waals surface area contributed by atoms with Gasteiger partial charge in [0.15, 0.2) is 0 Å². The molecule has 1 fully saturated rings. The first-order valence-electron chi connectivity index (χ1n) is 10.5. The van der Waals surface area contributed by atoms with Crippen molar-refractivity contribution in [3.8, 4) is 0 Å². The van der Waals surface area contributed by atoms with Crippen LogP contribution >= 0.6 is 11.6 Å². The van der Waals surface area contributed by atoms with Gasteiger partial charge in [0.05, 0.1) is 10.9 Å². The maximum Gasteiger partial charge on any atom is 0.324 e. The van der Waals surface area contributed by atoms with Gasteiger partial charge in [0.1, 0.15) is 0 Å². The summed E-state index contributed by atoms with van der Waals surface area (Å²) in [6.07, 6.45) is 2.61. The second-order valence-electron chi connectivity index (χ2n) is 8.01. The molecular weight excluding hydrogens is 452 g/mol. The predicted molar refractivity (Wildman–Crippen MR) is 124 cm³/mol. The monoisotopic (exact) mass is 476 g/mol. The molecule has 4 rings (SSSR count). The maximum absolute atomic E-state index is 12.9. The molecule has 0 aliphatic carbocycles. The Morgan fingerprint density at radius 3 is 2.53 bits per heavy atom. The maximum atomic E-state index is 12.9. The summed E-state index contributed by atoms with van der Waals surface area (Å²) in [6, 6.07) is 10.3. The molecule has 170 valence electrons. The number of hydrogen-bond donors (Lipinski definition) is 2. The Kier molecular flexibility index (Phi) is 6.41. The Morgan fingerprint density at radius 2 is 1.81 bits per heavy atom. The van der Waals surface area contributed by atoms with Gasteiger partial charge in [-0.3, -0.25) is 9.69 Å². The zero-order chi connectivity index (χ0) is 22.9. The lowest BCUT2D eigenvalue weighted by Crippen LogP contribution is -2.41. The lowest BCUT2D eigenvalue weighted by Gasteiger charge is -2.24. The van der Waals surface area contributed by atoms with Gasteiger partial charge in [0.25, 0.3) is 0 Å². The average molecular weight is 477 g/mol. The van der Waals surface area contributed by atoms with E-state index in [1.807, 2.05) is 4.90 Å². The zero-order valence-electron chi connectivity index (χ0n) is 17.7. The Labute approximate surface area is 192 Å². The number of anilines is 2. The van der Waals surface area contributed by atoms with Crippen LogP contribution in [0.1, 0.15) is 25.3 Å². The van der Waals surface area contributed by atoms with Gasteiger partial charge in [0.2, 0.25) is 15.9 Å². The number of hydrogen-bond acceptors (Lipinski definition) is 4. The Hall–Kier alpha value is -2.62. The van der Waals surface area contributed by atoms with E-state index in [4.69, 9.17) is 11.6 Å². The van der Waals surface area contributed by atoms with E-state index in [1.54, 1.807) is 41.3 Å². The van der Waals surface area contributed by atoms with Crippen LogP contribution in [0, 0.1) is 0 Å². The molecule has 2 aromatic rings. The number of amides is 3. The van der Waals surface area contributed by atoms with Gasteiger partial charge in [-0.15, -0.1) is 0 Å². The highest BCUT2D eigenvalue weighted by Crippen LogP contribution is 2.31. The minimum absolute atomic E-state index is 0.0266. The molecule has 0 aromatic heterocycles. The van der Waals surface area contributed by atoms with E-state index in [0.717, 1.165) is 37.2 Å². The van der Waals surface area contributed by atoms with Crippen molar-refractivity contribution in [3.05, 3.63) is 53.1 Å². The number of urea groups is 1. The molecule has 2 aromatic carbocycles. The topological polar surface area (TPSA) is 98.8 Å². The van der Waals surface area contributed by atoms with Crippen LogP contribution in [0.3, 0.4) is 0 Å². The molecular formula is C22H25ClN4O4S. The number of carbonyl (C=O) groups is 2. The van der Waals surface area contributed by atoms with Gasteiger partial charge < -0.3 is 10.2 Å². The number of nitrogens with one attached hydrogen (secondary N) is 2. The first-order chi connectivity index (χ1) is 15.2. The number of benzene rings is 2. The number of nitrogens with zero attached hydrogens (tertiary/aromatic N) is 2. The summed E-state index contributed by atoms with van der Waals surface area (Å²) in [7, 11) is -3.93. The molecule has 0 unspecified atom stereocenters. The number of sulfonamides is 1. The van der Waals surface area contributed by atoms with E-state index in [0.29, 0.717) is 23.7 Å². The van der Waals surface area contributed by atoms with Gasteiger partial charge >= 0.3 is 6.03 Å². The third-order valence-corrected chi connectivity index (χ3v) is 7.46. The molecule has 2 heterocycles. The molecule has 2 aliphatic heterocycles. The van der Waals surface area contributed by atoms with E-state index in [2.05, 4.69) is 10.0 Å². The highest BCUT2D eigenvalue weighted by Gasteiger charge is 2.31. The Balaban J connectivity index is 1.45. The largest absolute Gasteiger partial charge is 0.325 e. The summed E-state index contributed by atoms with van der Waals surface area (Å²) in [6.45, 7) is 3.52. The highest BCUT2D eigenvalue weighted by atomic mass is 35.5. The summed E-state index contributed by atoms with van der Waals surface area (Å²) in [5.41, 5.74) is 2.03. The first kappa shape index (κ1) is 22.6. The molecule has 0 spiro atoms. The standard InChI is InChI=1S/C22H25ClN4O4S/c1-15(21(28)24-18-6-4-5-17(23)14-18)25-32(30,31)19-7-8-20-16(13-19)9-12-27(20)22(29)26-10-2-3-11-26/h4-8,13-15,25H,2-3,9-12H2,1H3,(H,24,28)/t15-/m1/s1. The minimum Gasteiger partial charge on any atom is -0.325 e. The number of halogens is 1. The van der Waals surface area contributed by atoms with Gasteiger partial charge in [-0.05, 0) is 68.1 Å². The van der Waals surface area contributed by atoms with E-state index in [9.17, 15) is 18.0 Å². The zero-order valence-corrected chi connectivity index (χ0v) is 19.2. The summed E-state index contributed by atoms with van der Waals surface area (Å²) in [4.78, 5) is 28.8. The summed E-state index contributed by atoms with van der Waals surface area (Å²) >= 11 is 5.92. The molecule has 0 radical (unpaired) electrons. The molecule has 1 saturated heterocycles. The van der Waals surface area contributed by atoms with E-state index < -0.39 is 22.0 Å². The predicted octanol–water partition coefficient (Wildman–Crippen LogP) is 3.22. The van der Waals surface area contributed by atoms with Gasteiger partial charge in [-0.2, -0.15) is 4.72 Å². The van der Waals surface area contributed by atoms with E-state index in [-0.39, 0.29) is 10.9 Å². The molecule has 0 bridgehead atoms. The SMILES string of the molecule is C[C@@H](NS(=O)(=O)c1ccc2c(c1)CCN2C(=O)N1CCCC1)C(=O)Nc1cccc(Cl)c1. The molecule has 1 atom stereocenters. The number of fused-ring (bicyclic) bond motifs is 1. The van der Waals surface area contributed by atoms with E-state index >= 15 is 0 Å². The molecule has 0 saturated carbocycles. The second-order valence-corrected chi connectivity index (χ2v) is 10.2. The van der Waals surface area contributed by atoms with Crippen molar-refractivity contribution in [1.82, 2.24) is 9.62 Å². The van der Waals surface area contributed by atoms with Crippen molar-refractivity contribution in [2.24, 2.45) is 0 Å². The van der Waals surface area contributed by atoms with Gasteiger partial charge in [-0.1, -0.05) is 17.7 Å². The van der Waals surface area contributed by atoms with Crippen LogP contribution in [0.4, 0.5) is 16.2 Å². The van der Waals surface area contributed by atoms with Crippen LogP contribution in [-0.2, 0) is 21.2 Å². The fraction of sp³-hybridized carbons (Fsp3) is 0.364. The molecule has 10 heteroatoms. The van der Waals surface area contributed by atoms with Crippen molar-refractivity contribution in [1.29, 1.82) is 0 Å². The second kappa shape index (κ2) is 9.09. The van der Waals surface area contributed by atoms with Crippen molar-refractivity contribution in [2.45, 2.75) is 37.1 Å². The third kappa shape index (κ3) is 4.74. The smallest absolute Gasteiger partial charge is 0.324 e. The first-order valence-corrected chi connectivity index (χ1v) is 12.4. The number of likely N-dealkylation sites (tertiary alicyclic amines) is 1. The normalized spacial score (nSPS) is 16.7. The average Bonchev–Trinajstić information content (AvgIpc) is 3.42. The highest BCUT2D eigenvalue weighted by molar-refractivity contribution is 7.89. The van der Waals surface area contributed by atoms with Crippen molar-refractivity contribution >= 4 is 44.9 Å². The molecule has 32 heavy (non-hydrogen) atoms. The van der Waals surface area contributed by atoms with Gasteiger partial charge in [-0.25, -0.2) is 13.2 Å². The quantitative estimate of drug-likeness (QED) is 0.692. The summed E-state index contributed by atoms with van der Waals surface area (Å²) < 4.78 is 28.2. The van der Waals surface area contributed by atoms with Crippen LogP contribution in [-0.4, -0.2) is 50.9 Å². The lowest BCUT2D eigenvalue weighted by molar-refractivity contribution is -0.117. The van der Waals surface area contributed by atoms with Crippen molar-refractivity contribution in [3.63, 3.8) is 0 Å². The lowest BCUT2D eigenvalue weighted by atomic mass is 10.2. The number of rotatable bonds is 5. The third-order valence-electron chi connectivity index (χ3n) is 5.68. The fourth-order valence-corrected chi connectivity index (χ4v) is 5.44. The van der Waals surface area contributed by atoms with Crippen LogP contribution < -0.4 is 14.9 Å². The Bertz CT molecular complexity index is 1150. The van der Waals surface area contributed by atoms with Gasteiger partial charge in [0, 0.05) is 36.0 Å². The fourth-order valence-electron chi connectivity index (χ4n) is 3.99. The molecule has 2 aliphatic rings. The van der Waals surface area contributed by atoms with Crippen LogP contribution in [0.15, 0.2) is 47.4 Å². The van der Waals surface area contributed by atoms with Crippen LogP contribution in [0.25, 0.3) is 0 Å². The number of carbonyl (C=O) groups excluding carboxylic acids is 2. The van der Waals surface area contributed by atoms with Crippen molar-refractivity contribution in [2.75, 3.05) is 29.9 Å². The molecule has 8 nitrogen and oxygen atoms in total. The molecule has 2 N–H and O–H groups in total. The summed E-state index contributed by atoms with van der Waals surface area (Å²) in [5.74, 6) is -0.501. The summed E-state index contributed by atoms with van der Waals surface area (Å²) in [5, 5.41) is 3.11. The van der Waals surface area contributed by atoms with Crippen molar-refractivity contribution < 1.29 is 18.0 Å². The van der Waals surface area contributed by atoms with E-state index in [1.165, 1.54) is 13.0 Å². The minimum atomic E-state index is -3.93. The van der Waals surface area contributed by atoms with Crippen LogP contribution in [0.5, 0.6) is 0 Å². The van der Waals surface area contributed by atoms with Crippen LogP contribution in [0.2, 0.25) is 5.02 Å².